The summed E-state index contributed by atoms with van der Waals surface area (Å²) in [4.78, 5) is 25.4. The van der Waals surface area contributed by atoms with E-state index in [1.165, 1.54) is 0 Å². The van der Waals surface area contributed by atoms with Crippen LogP contribution in [0.1, 0.15) is 34.1 Å². The highest BCUT2D eigenvalue weighted by molar-refractivity contribution is 6.61. The second-order valence-corrected chi connectivity index (χ2v) is 9.09. The molecule has 4 nitrogen and oxygen atoms in total. The van der Waals surface area contributed by atoms with Gasteiger partial charge >= 0.3 is 11.4 Å². The highest BCUT2D eigenvalue weighted by atomic mass is 35.5. The molecule has 0 amide bonds. The summed E-state index contributed by atoms with van der Waals surface area (Å²) >= 11 is 5.64. The van der Waals surface area contributed by atoms with Gasteiger partial charge in [0.25, 0.3) is 0 Å². The van der Waals surface area contributed by atoms with Crippen molar-refractivity contribution in [2.45, 2.75) is 17.9 Å². The molecule has 172 valence electrons. The molecule has 4 aromatic carbocycles. The van der Waals surface area contributed by atoms with Gasteiger partial charge in [-0.05, 0) is 44.5 Å². The average Bonchev–Trinajstić information content (AvgIpc) is 3.39. The highest BCUT2D eigenvalue weighted by Crippen LogP contribution is 2.48. The molecule has 0 N–H and O–H groups in total. The van der Waals surface area contributed by atoms with Crippen LogP contribution in [-0.4, -0.2) is 24.1 Å². The van der Waals surface area contributed by atoms with E-state index in [1.807, 2.05) is 72.8 Å². The summed E-state index contributed by atoms with van der Waals surface area (Å²) in [6, 6.07) is 31.9. The number of hydrogen-bond donors (Lipinski definition) is 0. The van der Waals surface area contributed by atoms with Crippen LogP contribution in [0.2, 0.25) is 0 Å². The standard InChI is InChI=1S/C30H21ClO4/c31-30(33)35-28(27-24-15-7-5-11-20(24)21-12-6-8-16-25(21)27)29(32)34-17-26-22-13-3-1-9-18(22)19-10-2-4-14-23(19)26/h1-16,26-28H,17H2. The molecule has 1 unspecified atom stereocenters. The van der Waals surface area contributed by atoms with Crippen molar-refractivity contribution in [2.75, 3.05) is 6.61 Å². The maximum Gasteiger partial charge on any atom is 0.404 e. The first-order chi connectivity index (χ1) is 17.1. The molecule has 0 bridgehead atoms. The molecule has 6 rings (SSSR count). The number of halogens is 1. The van der Waals surface area contributed by atoms with E-state index in [9.17, 15) is 9.59 Å². The quantitative estimate of drug-likeness (QED) is 0.230. The molecule has 0 saturated heterocycles. The maximum atomic E-state index is 13.5. The average molecular weight is 481 g/mol. The van der Waals surface area contributed by atoms with Crippen LogP contribution in [0.5, 0.6) is 0 Å². The number of carbonyl (C=O) groups is 2. The third-order valence-electron chi connectivity index (χ3n) is 6.99. The Labute approximate surface area is 208 Å². The second-order valence-electron chi connectivity index (χ2n) is 8.79. The first-order valence-electron chi connectivity index (χ1n) is 11.5. The van der Waals surface area contributed by atoms with Crippen LogP contribution in [0.15, 0.2) is 97.1 Å². The van der Waals surface area contributed by atoms with Crippen LogP contribution in [0, 0.1) is 0 Å². The molecule has 5 heteroatoms. The number of ether oxygens (including phenoxy) is 2. The first-order valence-corrected chi connectivity index (χ1v) is 11.9. The monoisotopic (exact) mass is 480 g/mol. The molecule has 0 radical (unpaired) electrons. The van der Waals surface area contributed by atoms with E-state index in [-0.39, 0.29) is 12.5 Å². The van der Waals surface area contributed by atoms with Crippen molar-refractivity contribution < 1.29 is 19.1 Å². The summed E-state index contributed by atoms with van der Waals surface area (Å²) < 4.78 is 11.3. The number of hydrogen-bond acceptors (Lipinski definition) is 4. The van der Waals surface area contributed by atoms with Crippen LogP contribution >= 0.6 is 11.6 Å². The van der Waals surface area contributed by atoms with Crippen molar-refractivity contribution in [1.29, 1.82) is 0 Å². The summed E-state index contributed by atoms with van der Waals surface area (Å²) in [7, 11) is 0. The van der Waals surface area contributed by atoms with Crippen LogP contribution < -0.4 is 0 Å². The van der Waals surface area contributed by atoms with Crippen molar-refractivity contribution >= 4 is 23.0 Å². The molecule has 2 aliphatic carbocycles. The Balaban J connectivity index is 1.32. The fourth-order valence-electron chi connectivity index (χ4n) is 5.56. The first kappa shape index (κ1) is 21.6. The van der Waals surface area contributed by atoms with Crippen molar-refractivity contribution in [3.8, 4) is 22.3 Å². The summed E-state index contributed by atoms with van der Waals surface area (Å²) in [5.41, 5.74) is 7.32. The minimum Gasteiger partial charge on any atom is -0.462 e. The molecule has 0 spiro atoms. The number of esters is 1. The van der Waals surface area contributed by atoms with Gasteiger partial charge in [0.05, 0.1) is 5.92 Å². The summed E-state index contributed by atoms with van der Waals surface area (Å²) in [6.45, 7) is 0.138. The molecule has 0 heterocycles. The predicted molar refractivity (Wildman–Crippen MR) is 135 cm³/mol. The van der Waals surface area contributed by atoms with E-state index < -0.39 is 23.4 Å². The van der Waals surface area contributed by atoms with E-state index in [0.717, 1.165) is 44.5 Å². The molecule has 0 saturated carbocycles. The Morgan fingerprint density at radius 3 is 1.51 bits per heavy atom. The zero-order valence-corrected chi connectivity index (χ0v) is 19.4. The van der Waals surface area contributed by atoms with Gasteiger partial charge in [0.2, 0.25) is 6.10 Å². The lowest BCUT2D eigenvalue weighted by molar-refractivity contribution is -0.154. The lowest BCUT2D eigenvalue weighted by Gasteiger charge is -2.24. The van der Waals surface area contributed by atoms with Crippen LogP contribution in [0.3, 0.4) is 0 Å². The summed E-state index contributed by atoms with van der Waals surface area (Å²) in [5, 5.41) is 0. The molecular formula is C30H21ClO4. The number of fused-ring (bicyclic) bond motifs is 6. The zero-order chi connectivity index (χ0) is 23.9. The molecule has 0 aliphatic heterocycles. The maximum absolute atomic E-state index is 13.5. The van der Waals surface area contributed by atoms with E-state index in [1.54, 1.807) is 0 Å². The Hall–Kier alpha value is -3.89. The van der Waals surface area contributed by atoms with Gasteiger partial charge in [-0.2, -0.15) is 0 Å². The Morgan fingerprint density at radius 2 is 1.06 bits per heavy atom. The predicted octanol–water partition coefficient (Wildman–Crippen LogP) is 6.90. The fraction of sp³-hybridized carbons (Fsp3) is 0.133. The van der Waals surface area contributed by atoms with E-state index in [4.69, 9.17) is 21.1 Å². The third-order valence-corrected chi connectivity index (χ3v) is 7.08. The lowest BCUT2D eigenvalue weighted by atomic mass is 9.91. The van der Waals surface area contributed by atoms with E-state index in [0.29, 0.717) is 0 Å². The second kappa shape index (κ2) is 8.71. The molecule has 2 aliphatic rings. The van der Waals surface area contributed by atoms with Gasteiger partial charge in [0.15, 0.2) is 0 Å². The lowest BCUT2D eigenvalue weighted by Crippen LogP contribution is -2.34. The SMILES string of the molecule is O=C(Cl)OC(C(=O)OCC1c2ccccc2-c2ccccc21)C1c2ccccc2-c2ccccc21. The summed E-state index contributed by atoms with van der Waals surface area (Å²) in [6.07, 6.45) is -1.20. The van der Waals surface area contributed by atoms with Crippen molar-refractivity contribution in [1.82, 2.24) is 0 Å². The Morgan fingerprint density at radius 1 is 0.657 bits per heavy atom. The minimum atomic E-state index is -1.20. The molecule has 4 aromatic rings. The van der Waals surface area contributed by atoms with Crippen LogP contribution in [-0.2, 0) is 14.3 Å². The Kier molecular flexibility index (Phi) is 5.39. The van der Waals surface area contributed by atoms with Gasteiger partial charge in [-0.25, -0.2) is 9.59 Å². The zero-order valence-electron chi connectivity index (χ0n) is 18.7. The van der Waals surface area contributed by atoms with Gasteiger partial charge in [-0.15, -0.1) is 0 Å². The van der Waals surface area contributed by atoms with Crippen LogP contribution in [0.25, 0.3) is 22.3 Å². The highest BCUT2D eigenvalue weighted by Gasteiger charge is 2.42. The fourth-order valence-corrected chi connectivity index (χ4v) is 5.66. The van der Waals surface area contributed by atoms with Crippen molar-refractivity contribution in [2.24, 2.45) is 0 Å². The smallest absolute Gasteiger partial charge is 0.404 e. The van der Waals surface area contributed by atoms with Gasteiger partial charge in [0.1, 0.15) is 6.61 Å². The van der Waals surface area contributed by atoms with Gasteiger partial charge in [-0.1, -0.05) is 97.1 Å². The minimum absolute atomic E-state index is 0.0955. The van der Waals surface area contributed by atoms with Gasteiger partial charge in [-0.3, -0.25) is 0 Å². The van der Waals surface area contributed by atoms with Crippen LogP contribution in [0.4, 0.5) is 4.79 Å². The molecule has 0 fully saturated rings. The summed E-state index contributed by atoms with van der Waals surface area (Å²) in [5.74, 6) is -1.21. The Bertz CT molecular complexity index is 1370. The third kappa shape index (κ3) is 3.62. The number of carbonyl (C=O) groups excluding carboxylic acids is 2. The van der Waals surface area contributed by atoms with E-state index >= 15 is 0 Å². The molecular weight excluding hydrogens is 460 g/mol. The normalized spacial score (nSPS) is 14.4. The number of rotatable bonds is 5. The molecule has 0 aromatic heterocycles. The van der Waals surface area contributed by atoms with E-state index in [2.05, 4.69) is 24.3 Å². The topological polar surface area (TPSA) is 52.6 Å². The molecule has 1 atom stereocenters. The molecule has 35 heavy (non-hydrogen) atoms. The van der Waals surface area contributed by atoms with Gasteiger partial charge < -0.3 is 9.47 Å². The largest absolute Gasteiger partial charge is 0.462 e. The van der Waals surface area contributed by atoms with Crippen molar-refractivity contribution in [3.05, 3.63) is 119 Å². The van der Waals surface area contributed by atoms with Gasteiger partial charge in [0, 0.05) is 17.5 Å². The van der Waals surface area contributed by atoms with Crippen molar-refractivity contribution in [3.63, 3.8) is 0 Å². The number of benzene rings is 4.